The fraction of sp³-hybridized carbons (Fsp3) is 0.632. The minimum absolute atomic E-state index is 0.0293. The van der Waals surface area contributed by atoms with Crippen LogP contribution in [0.5, 0.6) is 11.5 Å². The van der Waals surface area contributed by atoms with Crippen LogP contribution in [0.1, 0.15) is 83.8 Å². The number of rotatable bonds is 17. The minimum Gasteiger partial charge on any atom is -0.493 e. The number of methoxy groups -OCH3 is 1. The van der Waals surface area contributed by atoms with Gasteiger partial charge in [0.2, 0.25) is 18.3 Å². The summed E-state index contributed by atoms with van der Waals surface area (Å²) in [4.78, 5) is 80.2. The van der Waals surface area contributed by atoms with Crippen molar-refractivity contribution >= 4 is 35.8 Å². The average molecular weight is 760 g/mol. The van der Waals surface area contributed by atoms with Crippen LogP contribution in [0.2, 0.25) is 0 Å². The molecule has 1 N–H and O–H groups in total. The summed E-state index contributed by atoms with van der Waals surface area (Å²) >= 11 is 0. The van der Waals surface area contributed by atoms with Crippen molar-refractivity contribution < 1.29 is 71.8 Å². The fourth-order valence-electron chi connectivity index (χ4n) is 7.92. The van der Waals surface area contributed by atoms with Crippen LogP contribution in [0, 0.1) is 0 Å². The molecule has 2 bridgehead atoms. The van der Waals surface area contributed by atoms with E-state index in [9.17, 15) is 33.9 Å². The van der Waals surface area contributed by atoms with Crippen LogP contribution in [-0.4, -0.2) is 116 Å². The molecule has 5 rings (SSSR count). The molecule has 16 nitrogen and oxygen atoms in total. The number of piperidine rings is 1. The maximum Gasteiger partial charge on any atom is 0.357 e. The summed E-state index contributed by atoms with van der Waals surface area (Å²) in [7, 11) is 3.44. The topological polar surface area (TPSA) is 200 Å². The molecule has 2 aliphatic heterocycles. The highest BCUT2D eigenvalue weighted by molar-refractivity contribution is 5.91. The van der Waals surface area contributed by atoms with E-state index in [1.54, 1.807) is 6.07 Å². The van der Waals surface area contributed by atoms with Crippen LogP contribution < -0.4 is 9.47 Å². The van der Waals surface area contributed by atoms with E-state index in [2.05, 4.69) is 4.90 Å². The largest absolute Gasteiger partial charge is 0.493 e. The van der Waals surface area contributed by atoms with Gasteiger partial charge in [-0.1, -0.05) is 32.8 Å². The molecule has 1 spiro atoms. The summed E-state index contributed by atoms with van der Waals surface area (Å²) in [6.45, 7) is 6.27. The van der Waals surface area contributed by atoms with Crippen molar-refractivity contribution in [2.24, 2.45) is 0 Å². The first kappa shape index (κ1) is 40.5. The number of esters is 6. The number of benzene rings is 1. The SMILES string of the molecule is CCCCOC(=O)C[C@H](OC(=O)[C@H](OC(C)=O)[C@@H](OC(C)=O)C(=O)OC1=CC[C@@]2(O)[C@H]3Cc4ccc(OC)c5c4[C@@]2(CCN3C)[C@H]1O5)C(=O)OCCCC. The van der Waals surface area contributed by atoms with E-state index in [1.807, 2.05) is 27.0 Å². The third-order valence-corrected chi connectivity index (χ3v) is 10.5. The van der Waals surface area contributed by atoms with E-state index in [-0.39, 0.29) is 31.4 Å². The van der Waals surface area contributed by atoms with Crippen molar-refractivity contribution in [2.75, 3.05) is 33.9 Å². The van der Waals surface area contributed by atoms with Gasteiger partial charge in [-0.2, -0.15) is 0 Å². The molecular weight excluding hydrogens is 710 g/mol. The summed E-state index contributed by atoms with van der Waals surface area (Å²) in [5.74, 6) is -6.09. The van der Waals surface area contributed by atoms with Gasteiger partial charge >= 0.3 is 35.8 Å². The lowest BCUT2D eigenvalue weighted by molar-refractivity contribution is -0.196. The third-order valence-electron chi connectivity index (χ3n) is 10.5. The molecule has 0 aromatic heterocycles. The highest BCUT2D eigenvalue weighted by atomic mass is 16.7. The van der Waals surface area contributed by atoms with Gasteiger partial charge in [-0.3, -0.25) is 14.4 Å². The van der Waals surface area contributed by atoms with Crippen molar-refractivity contribution in [3.05, 3.63) is 35.1 Å². The molecule has 2 heterocycles. The Morgan fingerprint density at radius 3 is 2.20 bits per heavy atom. The van der Waals surface area contributed by atoms with Crippen LogP contribution in [0.3, 0.4) is 0 Å². The Labute approximate surface area is 313 Å². The first-order valence-electron chi connectivity index (χ1n) is 18.3. The van der Waals surface area contributed by atoms with Crippen molar-refractivity contribution in [3.63, 3.8) is 0 Å². The average Bonchev–Trinajstić information content (AvgIpc) is 3.48. The van der Waals surface area contributed by atoms with Gasteiger partial charge in [0, 0.05) is 31.9 Å². The van der Waals surface area contributed by atoms with Gasteiger partial charge in [-0.05, 0) is 57.0 Å². The van der Waals surface area contributed by atoms with Gasteiger partial charge < -0.3 is 47.9 Å². The molecule has 1 aromatic rings. The Balaban J connectivity index is 1.44. The Kier molecular flexibility index (Phi) is 12.6. The van der Waals surface area contributed by atoms with Crippen molar-refractivity contribution in [3.8, 4) is 11.5 Å². The van der Waals surface area contributed by atoms with Crippen LogP contribution in [0.4, 0.5) is 0 Å². The molecule has 0 unspecified atom stereocenters. The molecule has 1 aromatic carbocycles. The summed E-state index contributed by atoms with van der Waals surface area (Å²) in [5.41, 5.74) is -0.671. The number of hydrogen-bond acceptors (Lipinski definition) is 16. The van der Waals surface area contributed by atoms with Gasteiger partial charge in [0.25, 0.3) is 0 Å². The second-order valence-electron chi connectivity index (χ2n) is 14.0. The second kappa shape index (κ2) is 16.8. The van der Waals surface area contributed by atoms with Gasteiger partial charge in [0.1, 0.15) is 5.76 Å². The molecular formula is C38H49NO15. The zero-order chi connectivity index (χ0) is 39.4. The van der Waals surface area contributed by atoms with Crippen LogP contribution in [-0.2, 0) is 69.0 Å². The van der Waals surface area contributed by atoms with Gasteiger partial charge in [-0.25, -0.2) is 14.4 Å². The highest BCUT2D eigenvalue weighted by Crippen LogP contribution is 2.65. The van der Waals surface area contributed by atoms with Crippen molar-refractivity contribution in [1.82, 2.24) is 4.90 Å². The lowest BCUT2D eigenvalue weighted by Gasteiger charge is -2.61. The molecule has 4 aliphatic rings. The lowest BCUT2D eigenvalue weighted by atomic mass is 9.50. The van der Waals surface area contributed by atoms with Crippen molar-refractivity contribution in [1.29, 1.82) is 0 Å². The monoisotopic (exact) mass is 759 g/mol. The highest BCUT2D eigenvalue weighted by Gasteiger charge is 2.72. The standard InChI is InChI=1S/C38H49NO15/c1-7-9-17-48-28(42)20-26(34(43)49-18-10-8-2)53-36(45)32(51-22(4)41)31(50-21(3)40)35(44)52-25-13-14-38(46)27-19-23-11-12-24(47-6)30-29(23)37(38,33(25)54-30)15-16-39(27)5/h11-13,26-27,31-33,46H,7-10,14-20H2,1-6H3/t26-,27+,31+,32+,33-,37-,38+/m0/s1. The zero-order valence-electron chi connectivity index (χ0n) is 31.5. The molecule has 296 valence electrons. The van der Waals surface area contributed by atoms with E-state index < -0.39 is 77.7 Å². The van der Waals surface area contributed by atoms with Crippen LogP contribution in [0.25, 0.3) is 0 Å². The lowest BCUT2D eigenvalue weighted by Crippen LogP contribution is -2.74. The maximum atomic E-state index is 14.1. The predicted octanol–water partition coefficient (Wildman–Crippen LogP) is 2.37. The number of carbonyl (C=O) groups is 6. The molecule has 16 heteroatoms. The smallest absolute Gasteiger partial charge is 0.357 e. The van der Waals surface area contributed by atoms with Gasteiger partial charge in [-0.15, -0.1) is 0 Å². The fourth-order valence-corrected chi connectivity index (χ4v) is 7.92. The molecule has 0 amide bonds. The number of ether oxygens (including phenoxy) is 8. The molecule has 1 saturated heterocycles. The van der Waals surface area contributed by atoms with E-state index in [0.717, 1.165) is 31.4 Å². The number of aliphatic hydroxyl groups is 1. The van der Waals surface area contributed by atoms with E-state index in [1.165, 1.54) is 13.2 Å². The molecule has 0 saturated carbocycles. The number of hydrogen-bond donors (Lipinski definition) is 1. The summed E-state index contributed by atoms with van der Waals surface area (Å²) in [6.07, 6.45) is -3.16. The minimum atomic E-state index is -2.28. The molecule has 0 radical (unpaired) electrons. The molecule has 1 fully saturated rings. The number of likely N-dealkylation sites (tertiary alicyclic amines) is 1. The second-order valence-corrected chi connectivity index (χ2v) is 14.0. The van der Waals surface area contributed by atoms with Crippen LogP contribution >= 0.6 is 0 Å². The Morgan fingerprint density at radius 2 is 1.57 bits per heavy atom. The number of nitrogens with zero attached hydrogens (tertiary/aromatic N) is 1. The number of unbranched alkanes of at least 4 members (excludes halogenated alkanes) is 2. The van der Waals surface area contributed by atoms with Gasteiger partial charge in [0.15, 0.2) is 17.6 Å². The normalized spacial score (nSPS) is 25.0. The molecule has 54 heavy (non-hydrogen) atoms. The zero-order valence-corrected chi connectivity index (χ0v) is 31.5. The van der Waals surface area contributed by atoms with Gasteiger partial charge in [0.05, 0.1) is 37.8 Å². The predicted molar refractivity (Wildman–Crippen MR) is 185 cm³/mol. The Morgan fingerprint density at radius 1 is 0.926 bits per heavy atom. The quantitative estimate of drug-likeness (QED) is 0.138. The Hall–Kier alpha value is -4.70. The van der Waals surface area contributed by atoms with E-state index >= 15 is 0 Å². The van der Waals surface area contributed by atoms with E-state index in [0.29, 0.717) is 50.1 Å². The third kappa shape index (κ3) is 7.63. The van der Waals surface area contributed by atoms with Crippen molar-refractivity contribution in [2.45, 2.75) is 121 Å². The van der Waals surface area contributed by atoms with Crippen LogP contribution in [0.15, 0.2) is 24.0 Å². The Bertz CT molecular complexity index is 1670. The summed E-state index contributed by atoms with van der Waals surface area (Å²) < 4.78 is 44.1. The number of likely N-dealkylation sites (N-methyl/N-ethyl adjacent to an activating group) is 1. The van der Waals surface area contributed by atoms with E-state index in [4.69, 9.17) is 37.9 Å². The maximum absolute atomic E-state index is 14.1. The first-order chi connectivity index (χ1) is 25.7. The summed E-state index contributed by atoms with van der Waals surface area (Å²) in [6, 6.07) is 3.42. The first-order valence-corrected chi connectivity index (χ1v) is 18.3. The molecule has 2 aliphatic carbocycles. The molecule has 7 atom stereocenters. The summed E-state index contributed by atoms with van der Waals surface area (Å²) in [5, 5.41) is 12.5. The number of carbonyl (C=O) groups excluding carboxylic acids is 6.